The zero-order valence-electron chi connectivity index (χ0n) is 14.2. The van der Waals surface area contributed by atoms with E-state index in [2.05, 4.69) is 10.6 Å². The number of amides is 3. The third kappa shape index (κ3) is 9.57. The summed E-state index contributed by atoms with van der Waals surface area (Å²) in [7, 11) is 0. The van der Waals surface area contributed by atoms with Crippen molar-refractivity contribution in [2.45, 2.75) is 32.1 Å². The molecule has 0 aliphatic rings. The second-order valence-corrected chi connectivity index (χ2v) is 7.95. The zero-order chi connectivity index (χ0) is 19.0. The number of halogens is 2. The van der Waals surface area contributed by atoms with Gasteiger partial charge in [0.2, 0.25) is 0 Å². The molecule has 3 amide bonds. The average molecular weight is 407 g/mol. The number of urea groups is 1. The average Bonchev–Trinajstić information content (AvgIpc) is 2.47. The van der Waals surface area contributed by atoms with Gasteiger partial charge in [-0.25, -0.2) is 4.79 Å². The highest BCUT2D eigenvalue weighted by molar-refractivity contribution is 7.99. The van der Waals surface area contributed by atoms with Gasteiger partial charge in [-0.1, -0.05) is 29.3 Å². The van der Waals surface area contributed by atoms with E-state index in [0.29, 0.717) is 15.8 Å². The van der Waals surface area contributed by atoms with Gasteiger partial charge in [0.15, 0.2) is 6.61 Å². The van der Waals surface area contributed by atoms with Crippen molar-refractivity contribution in [3.05, 3.63) is 33.8 Å². The Morgan fingerprint density at radius 3 is 2.44 bits per heavy atom. The van der Waals surface area contributed by atoms with Gasteiger partial charge in [-0.15, -0.1) is 11.8 Å². The largest absolute Gasteiger partial charge is 0.455 e. The summed E-state index contributed by atoms with van der Waals surface area (Å²) in [6.45, 7) is 4.83. The van der Waals surface area contributed by atoms with Crippen LogP contribution < -0.4 is 10.6 Å². The van der Waals surface area contributed by atoms with Crippen molar-refractivity contribution in [3.63, 3.8) is 0 Å². The number of esters is 1. The number of hydrogen-bond acceptors (Lipinski definition) is 5. The lowest BCUT2D eigenvalue weighted by Gasteiger charge is -2.20. The maximum absolute atomic E-state index is 11.6. The van der Waals surface area contributed by atoms with Crippen LogP contribution in [0, 0.1) is 0 Å². The van der Waals surface area contributed by atoms with Gasteiger partial charge >= 0.3 is 12.0 Å². The summed E-state index contributed by atoms with van der Waals surface area (Å²) >= 11 is 13.1. The van der Waals surface area contributed by atoms with E-state index in [1.54, 1.807) is 32.9 Å². The molecule has 0 bridgehead atoms. The smallest absolute Gasteiger partial charge is 0.321 e. The molecular formula is C16H20Cl2N2O4S. The van der Waals surface area contributed by atoms with Gasteiger partial charge in [-0.3, -0.25) is 14.9 Å². The second-order valence-electron chi connectivity index (χ2n) is 6.15. The van der Waals surface area contributed by atoms with E-state index in [4.69, 9.17) is 27.9 Å². The van der Waals surface area contributed by atoms with E-state index in [1.165, 1.54) is 11.8 Å². The minimum Gasteiger partial charge on any atom is -0.455 e. The van der Waals surface area contributed by atoms with Crippen molar-refractivity contribution < 1.29 is 19.1 Å². The van der Waals surface area contributed by atoms with Gasteiger partial charge in [-0.2, -0.15) is 0 Å². The number of ether oxygens (including phenoxy) is 1. The molecule has 0 atom stereocenters. The molecule has 138 valence electrons. The molecule has 0 aromatic heterocycles. The number of benzene rings is 1. The molecule has 0 fully saturated rings. The van der Waals surface area contributed by atoms with E-state index < -0.39 is 30.1 Å². The van der Waals surface area contributed by atoms with Crippen LogP contribution in [0.2, 0.25) is 10.0 Å². The summed E-state index contributed by atoms with van der Waals surface area (Å²) < 4.78 is 4.82. The highest BCUT2D eigenvalue weighted by Crippen LogP contribution is 2.24. The normalized spacial score (nSPS) is 10.9. The van der Waals surface area contributed by atoms with Crippen LogP contribution in [-0.2, 0) is 20.1 Å². The fourth-order valence-electron chi connectivity index (χ4n) is 1.60. The molecular weight excluding hydrogens is 387 g/mol. The standard InChI is InChI=1S/C16H20Cl2N2O4S/c1-16(2,3)20-15(23)19-13(21)7-24-14(22)9-25-8-10-4-5-11(17)12(18)6-10/h4-6H,7-9H2,1-3H3,(H2,19,20,21,23). The fourth-order valence-corrected chi connectivity index (χ4v) is 2.69. The molecule has 0 saturated heterocycles. The van der Waals surface area contributed by atoms with Gasteiger partial charge in [0.25, 0.3) is 5.91 Å². The Morgan fingerprint density at radius 2 is 1.84 bits per heavy atom. The number of carbonyl (C=O) groups excluding carboxylic acids is 3. The number of hydrogen-bond donors (Lipinski definition) is 2. The van der Waals surface area contributed by atoms with E-state index in [9.17, 15) is 14.4 Å². The quantitative estimate of drug-likeness (QED) is 0.707. The topological polar surface area (TPSA) is 84.5 Å². The molecule has 9 heteroatoms. The lowest BCUT2D eigenvalue weighted by atomic mass is 10.1. The van der Waals surface area contributed by atoms with Gasteiger partial charge in [0.1, 0.15) is 0 Å². The number of nitrogens with one attached hydrogen (secondary N) is 2. The third-order valence-corrected chi connectivity index (χ3v) is 4.29. The number of imide groups is 1. The SMILES string of the molecule is CC(C)(C)NC(=O)NC(=O)COC(=O)CSCc1ccc(Cl)c(Cl)c1. The van der Waals surface area contributed by atoms with Crippen molar-refractivity contribution in [2.75, 3.05) is 12.4 Å². The maximum Gasteiger partial charge on any atom is 0.321 e. The Hall–Kier alpha value is -1.44. The molecule has 0 unspecified atom stereocenters. The predicted octanol–water partition coefficient (Wildman–Crippen LogP) is 3.39. The maximum atomic E-state index is 11.6. The van der Waals surface area contributed by atoms with Crippen LogP contribution in [0.25, 0.3) is 0 Å². The molecule has 2 N–H and O–H groups in total. The van der Waals surface area contributed by atoms with Gasteiger partial charge in [0.05, 0.1) is 15.8 Å². The van der Waals surface area contributed by atoms with Crippen molar-refractivity contribution in [2.24, 2.45) is 0 Å². The summed E-state index contributed by atoms with van der Waals surface area (Å²) in [5, 5.41) is 5.57. The van der Waals surface area contributed by atoms with Crippen molar-refractivity contribution in [1.82, 2.24) is 10.6 Å². The first kappa shape index (κ1) is 21.6. The first-order chi connectivity index (χ1) is 11.6. The summed E-state index contributed by atoms with van der Waals surface area (Å²) in [6.07, 6.45) is 0. The second kappa shape index (κ2) is 9.89. The van der Waals surface area contributed by atoms with Crippen molar-refractivity contribution in [3.8, 4) is 0 Å². The highest BCUT2D eigenvalue weighted by atomic mass is 35.5. The Bertz CT molecular complexity index is 648. The Morgan fingerprint density at radius 1 is 1.16 bits per heavy atom. The molecule has 0 aliphatic carbocycles. The molecule has 1 aromatic rings. The Kier molecular flexibility index (Phi) is 8.55. The number of thioether (sulfide) groups is 1. The van der Waals surface area contributed by atoms with E-state index in [0.717, 1.165) is 5.56 Å². The zero-order valence-corrected chi connectivity index (χ0v) is 16.5. The van der Waals surface area contributed by atoms with Crippen LogP contribution in [0.15, 0.2) is 18.2 Å². The molecule has 1 rings (SSSR count). The Labute approximate surface area is 161 Å². The molecule has 0 spiro atoms. The van der Waals surface area contributed by atoms with E-state index in [-0.39, 0.29) is 5.75 Å². The molecule has 0 heterocycles. The van der Waals surface area contributed by atoms with Crippen LogP contribution in [-0.4, -0.2) is 35.8 Å². The fraction of sp³-hybridized carbons (Fsp3) is 0.438. The van der Waals surface area contributed by atoms with Gasteiger partial charge in [0, 0.05) is 11.3 Å². The summed E-state index contributed by atoms with van der Waals surface area (Å²) in [5.41, 5.74) is 0.450. The summed E-state index contributed by atoms with van der Waals surface area (Å²) in [4.78, 5) is 34.6. The van der Waals surface area contributed by atoms with Crippen LogP contribution in [0.1, 0.15) is 26.3 Å². The van der Waals surface area contributed by atoms with E-state index in [1.807, 2.05) is 6.07 Å². The minimum absolute atomic E-state index is 0.0711. The lowest BCUT2D eigenvalue weighted by molar-refractivity contribution is -0.145. The molecule has 0 saturated carbocycles. The molecule has 0 radical (unpaired) electrons. The van der Waals surface area contributed by atoms with E-state index >= 15 is 0 Å². The van der Waals surface area contributed by atoms with Gasteiger partial charge < -0.3 is 10.1 Å². The van der Waals surface area contributed by atoms with Crippen LogP contribution >= 0.6 is 35.0 Å². The third-order valence-electron chi connectivity index (χ3n) is 2.58. The van der Waals surface area contributed by atoms with Crippen molar-refractivity contribution in [1.29, 1.82) is 0 Å². The van der Waals surface area contributed by atoms with Gasteiger partial charge in [-0.05, 0) is 38.5 Å². The summed E-state index contributed by atoms with van der Waals surface area (Å²) in [6, 6.07) is 4.59. The Balaban J connectivity index is 2.25. The predicted molar refractivity (Wildman–Crippen MR) is 100 cm³/mol. The summed E-state index contributed by atoms with van der Waals surface area (Å²) in [5.74, 6) is -0.616. The van der Waals surface area contributed by atoms with Crippen LogP contribution in [0.3, 0.4) is 0 Å². The van der Waals surface area contributed by atoms with Crippen LogP contribution in [0.5, 0.6) is 0 Å². The molecule has 0 aliphatic heterocycles. The number of rotatable bonds is 6. The molecule has 25 heavy (non-hydrogen) atoms. The molecule has 1 aromatic carbocycles. The highest BCUT2D eigenvalue weighted by Gasteiger charge is 2.16. The molecule has 6 nitrogen and oxygen atoms in total. The number of carbonyl (C=O) groups is 3. The lowest BCUT2D eigenvalue weighted by Crippen LogP contribution is -2.49. The first-order valence-electron chi connectivity index (χ1n) is 7.36. The van der Waals surface area contributed by atoms with Crippen LogP contribution in [0.4, 0.5) is 4.79 Å². The first-order valence-corrected chi connectivity index (χ1v) is 9.27. The van der Waals surface area contributed by atoms with Crippen molar-refractivity contribution >= 4 is 52.9 Å². The minimum atomic E-state index is -0.690. The monoisotopic (exact) mass is 406 g/mol.